The first-order valence-corrected chi connectivity index (χ1v) is 5.40. The summed E-state index contributed by atoms with van der Waals surface area (Å²) in [6.07, 6.45) is 4.34. The molecule has 2 heteroatoms. The van der Waals surface area contributed by atoms with Gasteiger partial charge in [-0.1, -0.05) is 18.2 Å². The van der Waals surface area contributed by atoms with Crippen molar-refractivity contribution in [3.63, 3.8) is 0 Å². The zero-order chi connectivity index (χ0) is 10.3. The molecule has 3 rings (SSSR count). The van der Waals surface area contributed by atoms with E-state index in [-0.39, 0.29) is 5.41 Å². The Kier molecular flexibility index (Phi) is 1.80. The molecule has 2 N–H and O–H groups in total. The van der Waals surface area contributed by atoms with Crippen molar-refractivity contribution in [1.29, 1.82) is 0 Å². The Morgan fingerprint density at radius 1 is 1.20 bits per heavy atom. The van der Waals surface area contributed by atoms with Crippen molar-refractivity contribution in [3.05, 3.63) is 42.1 Å². The highest BCUT2D eigenvalue weighted by atomic mass is 14.7. The van der Waals surface area contributed by atoms with Crippen molar-refractivity contribution in [1.82, 2.24) is 4.98 Å². The fourth-order valence-electron chi connectivity index (χ4n) is 2.29. The third-order valence-corrected chi connectivity index (χ3v) is 3.46. The molecule has 0 saturated heterocycles. The highest BCUT2D eigenvalue weighted by molar-refractivity contribution is 5.83. The summed E-state index contributed by atoms with van der Waals surface area (Å²) in [5, 5.41) is 1.27. The van der Waals surface area contributed by atoms with Crippen molar-refractivity contribution < 1.29 is 0 Å². The number of aromatic nitrogens is 1. The van der Waals surface area contributed by atoms with Gasteiger partial charge in [-0.25, -0.2) is 0 Å². The van der Waals surface area contributed by atoms with Crippen molar-refractivity contribution >= 4 is 10.9 Å². The molecule has 0 bridgehead atoms. The zero-order valence-corrected chi connectivity index (χ0v) is 8.61. The third kappa shape index (κ3) is 1.25. The Balaban J connectivity index is 2.27. The van der Waals surface area contributed by atoms with Crippen LogP contribution in [0.1, 0.15) is 18.4 Å². The van der Waals surface area contributed by atoms with Gasteiger partial charge in [0.05, 0.1) is 5.52 Å². The molecule has 0 atom stereocenters. The van der Waals surface area contributed by atoms with Gasteiger partial charge in [0, 0.05) is 23.5 Å². The highest BCUT2D eigenvalue weighted by Gasteiger charge is 2.43. The van der Waals surface area contributed by atoms with Gasteiger partial charge in [0.25, 0.3) is 0 Å². The predicted molar refractivity (Wildman–Crippen MR) is 61.7 cm³/mol. The lowest BCUT2D eigenvalue weighted by molar-refractivity contribution is 0.710. The Hall–Kier alpha value is -1.41. The smallest absolute Gasteiger partial charge is 0.0704 e. The van der Waals surface area contributed by atoms with Crippen molar-refractivity contribution in [3.8, 4) is 0 Å². The largest absolute Gasteiger partial charge is 0.330 e. The van der Waals surface area contributed by atoms with Crippen molar-refractivity contribution in [2.24, 2.45) is 5.73 Å². The van der Waals surface area contributed by atoms with Gasteiger partial charge in [-0.05, 0) is 30.5 Å². The van der Waals surface area contributed by atoms with Crippen LogP contribution in [-0.2, 0) is 5.41 Å². The number of nitrogens with two attached hydrogens (primary N) is 1. The van der Waals surface area contributed by atoms with Crippen LogP contribution in [-0.4, -0.2) is 11.5 Å². The topological polar surface area (TPSA) is 38.9 Å². The Morgan fingerprint density at radius 3 is 2.73 bits per heavy atom. The summed E-state index contributed by atoms with van der Waals surface area (Å²) in [6, 6.07) is 10.4. The molecule has 0 unspecified atom stereocenters. The van der Waals surface area contributed by atoms with E-state index in [9.17, 15) is 0 Å². The third-order valence-electron chi connectivity index (χ3n) is 3.46. The molecule has 1 aromatic heterocycles. The number of hydrogen-bond donors (Lipinski definition) is 1. The molecule has 0 radical (unpaired) electrons. The first kappa shape index (κ1) is 8.86. The van der Waals surface area contributed by atoms with Gasteiger partial charge in [-0.2, -0.15) is 0 Å². The minimum Gasteiger partial charge on any atom is -0.330 e. The van der Waals surface area contributed by atoms with Crippen LogP contribution in [0.15, 0.2) is 36.5 Å². The number of hydrogen-bond acceptors (Lipinski definition) is 2. The van der Waals surface area contributed by atoms with Crippen LogP contribution < -0.4 is 5.73 Å². The molecule has 0 aliphatic heterocycles. The molecule has 1 heterocycles. The first-order chi connectivity index (χ1) is 7.36. The summed E-state index contributed by atoms with van der Waals surface area (Å²) in [5.74, 6) is 0. The SMILES string of the molecule is NCC1(c2ccnc3ccccc23)CC1. The minimum absolute atomic E-state index is 0.253. The Bertz CT molecular complexity index is 495. The number of rotatable bonds is 2. The molecular weight excluding hydrogens is 184 g/mol. The fraction of sp³-hybridized carbons (Fsp3) is 0.308. The maximum Gasteiger partial charge on any atom is 0.0704 e. The molecule has 1 aliphatic rings. The van der Waals surface area contributed by atoms with E-state index in [0.717, 1.165) is 12.1 Å². The number of pyridine rings is 1. The maximum atomic E-state index is 5.87. The molecular formula is C13H14N2. The fourth-order valence-corrected chi connectivity index (χ4v) is 2.29. The molecule has 1 fully saturated rings. The Morgan fingerprint density at radius 2 is 2.00 bits per heavy atom. The van der Waals surface area contributed by atoms with Gasteiger partial charge in [0.15, 0.2) is 0 Å². The Labute approximate surface area is 89.1 Å². The van der Waals surface area contributed by atoms with Gasteiger partial charge >= 0.3 is 0 Å². The number of para-hydroxylation sites is 1. The highest BCUT2D eigenvalue weighted by Crippen LogP contribution is 2.48. The standard InChI is InChI=1S/C13H14N2/c14-9-13(6-7-13)11-5-8-15-12-4-2-1-3-10(11)12/h1-5,8H,6-7,9,14H2. The van der Waals surface area contributed by atoms with E-state index in [2.05, 4.69) is 29.2 Å². The molecule has 15 heavy (non-hydrogen) atoms. The summed E-state index contributed by atoms with van der Waals surface area (Å²) >= 11 is 0. The van der Waals surface area contributed by atoms with Gasteiger partial charge < -0.3 is 5.73 Å². The van der Waals surface area contributed by atoms with Crippen molar-refractivity contribution in [2.75, 3.05) is 6.54 Å². The lowest BCUT2D eigenvalue weighted by Gasteiger charge is -2.14. The molecule has 0 amide bonds. The predicted octanol–water partition coefficient (Wildman–Crippen LogP) is 2.23. The molecule has 0 spiro atoms. The van der Waals surface area contributed by atoms with Crippen LogP contribution in [0.5, 0.6) is 0 Å². The number of nitrogens with zero attached hydrogens (tertiary/aromatic N) is 1. The summed E-state index contributed by atoms with van der Waals surface area (Å²) in [6.45, 7) is 0.751. The molecule has 2 aromatic rings. The van der Waals surface area contributed by atoms with Crippen LogP contribution in [0.4, 0.5) is 0 Å². The zero-order valence-electron chi connectivity index (χ0n) is 8.61. The molecule has 2 nitrogen and oxygen atoms in total. The second kappa shape index (κ2) is 3.04. The molecule has 76 valence electrons. The van der Waals surface area contributed by atoms with E-state index < -0.39 is 0 Å². The van der Waals surface area contributed by atoms with Crippen LogP contribution in [0.25, 0.3) is 10.9 Å². The summed E-state index contributed by atoms with van der Waals surface area (Å²) < 4.78 is 0. The quantitative estimate of drug-likeness (QED) is 0.803. The van der Waals surface area contributed by atoms with Gasteiger partial charge in [0.2, 0.25) is 0 Å². The summed E-state index contributed by atoms with van der Waals surface area (Å²) in [5.41, 5.74) is 8.59. The van der Waals surface area contributed by atoms with Crippen LogP contribution in [0, 0.1) is 0 Å². The van der Waals surface area contributed by atoms with E-state index in [1.165, 1.54) is 23.8 Å². The minimum atomic E-state index is 0.253. The molecule has 1 aliphatic carbocycles. The van der Waals surface area contributed by atoms with Gasteiger partial charge in [-0.15, -0.1) is 0 Å². The van der Waals surface area contributed by atoms with E-state index in [1.54, 1.807) is 0 Å². The number of benzene rings is 1. The van der Waals surface area contributed by atoms with E-state index in [4.69, 9.17) is 5.73 Å². The number of fused-ring (bicyclic) bond motifs is 1. The average molecular weight is 198 g/mol. The normalized spacial score (nSPS) is 17.9. The summed E-state index contributed by atoms with van der Waals surface area (Å²) in [4.78, 5) is 4.38. The summed E-state index contributed by atoms with van der Waals surface area (Å²) in [7, 11) is 0. The first-order valence-electron chi connectivity index (χ1n) is 5.40. The van der Waals surface area contributed by atoms with Crippen LogP contribution in [0.3, 0.4) is 0 Å². The van der Waals surface area contributed by atoms with Crippen molar-refractivity contribution in [2.45, 2.75) is 18.3 Å². The van der Waals surface area contributed by atoms with E-state index >= 15 is 0 Å². The van der Waals surface area contributed by atoms with Gasteiger partial charge in [-0.3, -0.25) is 4.98 Å². The van der Waals surface area contributed by atoms with Crippen LogP contribution >= 0.6 is 0 Å². The lowest BCUT2D eigenvalue weighted by atomic mass is 9.93. The van der Waals surface area contributed by atoms with Gasteiger partial charge in [0.1, 0.15) is 0 Å². The second-order valence-electron chi connectivity index (χ2n) is 4.36. The maximum absolute atomic E-state index is 5.87. The molecule has 1 aromatic carbocycles. The average Bonchev–Trinajstić information content (AvgIpc) is 3.09. The van der Waals surface area contributed by atoms with Crippen LogP contribution in [0.2, 0.25) is 0 Å². The monoisotopic (exact) mass is 198 g/mol. The molecule has 1 saturated carbocycles. The van der Waals surface area contributed by atoms with E-state index in [0.29, 0.717) is 0 Å². The lowest BCUT2D eigenvalue weighted by Crippen LogP contribution is -2.20. The second-order valence-corrected chi connectivity index (χ2v) is 4.36. The van der Waals surface area contributed by atoms with E-state index in [1.807, 2.05) is 12.3 Å².